The van der Waals surface area contributed by atoms with E-state index < -0.39 is 0 Å². The average molecular weight is 276 g/mol. The van der Waals surface area contributed by atoms with Gasteiger partial charge in [-0.3, -0.25) is 0 Å². The molecular formula is C14H24N6. The van der Waals surface area contributed by atoms with Gasteiger partial charge in [0.05, 0.1) is 0 Å². The quantitative estimate of drug-likeness (QED) is 0.745. The largest absolute Gasteiger partial charge is 0.383 e. The summed E-state index contributed by atoms with van der Waals surface area (Å²) in [5, 5.41) is 3.61. The molecule has 1 aromatic heterocycles. The van der Waals surface area contributed by atoms with Crippen LogP contribution in [0.15, 0.2) is 0 Å². The summed E-state index contributed by atoms with van der Waals surface area (Å²) < 4.78 is 0. The number of aromatic nitrogens is 2. The van der Waals surface area contributed by atoms with Crippen LogP contribution < -0.4 is 21.7 Å². The third kappa shape index (κ3) is 2.28. The van der Waals surface area contributed by atoms with E-state index in [1.54, 1.807) is 0 Å². The van der Waals surface area contributed by atoms with E-state index in [0.717, 1.165) is 31.0 Å². The molecule has 0 spiro atoms. The molecular weight excluding hydrogens is 252 g/mol. The molecule has 5 N–H and O–H groups in total. The summed E-state index contributed by atoms with van der Waals surface area (Å²) in [6.07, 6.45) is 2.56. The third-order valence-electron chi connectivity index (χ3n) is 4.45. The van der Waals surface area contributed by atoms with Crippen LogP contribution in [0.1, 0.15) is 38.2 Å². The van der Waals surface area contributed by atoms with E-state index in [4.69, 9.17) is 11.5 Å². The first-order chi connectivity index (χ1) is 9.56. The number of nitrogens with zero attached hydrogens (tertiary/aromatic N) is 3. The van der Waals surface area contributed by atoms with Crippen molar-refractivity contribution in [3.63, 3.8) is 0 Å². The average Bonchev–Trinajstić information content (AvgIpc) is 2.80. The summed E-state index contributed by atoms with van der Waals surface area (Å²) in [4.78, 5) is 10.9. The summed E-state index contributed by atoms with van der Waals surface area (Å²) in [5.41, 5.74) is 12.9. The monoisotopic (exact) mass is 276 g/mol. The maximum atomic E-state index is 6.06. The van der Waals surface area contributed by atoms with Crippen molar-refractivity contribution in [1.29, 1.82) is 0 Å². The Kier molecular flexibility index (Phi) is 3.41. The van der Waals surface area contributed by atoms with Crippen LogP contribution >= 0.6 is 0 Å². The summed E-state index contributed by atoms with van der Waals surface area (Å²) in [7, 11) is 0. The summed E-state index contributed by atoms with van der Waals surface area (Å²) in [5.74, 6) is 2.72. The van der Waals surface area contributed by atoms with Gasteiger partial charge in [0.15, 0.2) is 0 Å². The van der Waals surface area contributed by atoms with Crippen molar-refractivity contribution < 1.29 is 0 Å². The normalized spacial score (nSPS) is 26.1. The SMILES string of the molecule is CC(C)c1c(N)nc(N)nc1N1C[C@@H]2CCCN[C@@H]2C1. The first kappa shape index (κ1) is 13.4. The molecule has 0 unspecified atom stereocenters. The highest BCUT2D eigenvalue weighted by Crippen LogP contribution is 2.35. The highest BCUT2D eigenvalue weighted by atomic mass is 15.3. The lowest BCUT2D eigenvalue weighted by atomic mass is 9.94. The third-order valence-corrected chi connectivity index (χ3v) is 4.45. The number of piperidine rings is 1. The number of hydrogen-bond donors (Lipinski definition) is 3. The number of nitrogens with two attached hydrogens (primary N) is 2. The molecule has 20 heavy (non-hydrogen) atoms. The lowest BCUT2D eigenvalue weighted by Crippen LogP contribution is -2.40. The van der Waals surface area contributed by atoms with Gasteiger partial charge >= 0.3 is 0 Å². The Labute approximate surface area is 119 Å². The molecule has 6 heteroatoms. The Morgan fingerprint density at radius 3 is 2.75 bits per heavy atom. The molecule has 0 saturated carbocycles. The molecule has 3 heterocycles. The van der Waals surface area contributed by atoms with Gasteiger partial charge in [0.2, 0.25) is 5.95 Å². The van der Waals surface area contributed by atoms with Gasteiger partial charge in [-0.2, -0.15) is 9.97 Å². The molecule has 6 nitrogen and oxygen atoms in total. The van der Waals surface area contributed by atoms with Crippen LogP contribution in [0.4, 0.5) is 17.6 Å². The molecule has 2 aliphatic heterocycles. The van der Waals surface area contributed by atoms with Crippen LogP contribution in [0.2, 0.25) is 0 Å². The van der Waals surface area contributed by atoms with Crippen LogP contribution in [0.5, 0.6) is 0 Å². The van der Waals surface area contributed by atoms with Crippen molar-refractivity contribution in [2.24, 2.45) is 5.92 Å². The van der Waals surface area contributed by atoms with E-state index in [0.29, 0.717) is 23.7 Å². The van der Waals surface area contributed by atoms with Gasteiger partial charge in [-0.05, 0) is 31.2 Å². The molecule has 0 bridgehead atoms. The van der Waals surface area contributed by atoms with Crippen LogP contribution in [0, 0.1) is 5.92 Å². The van der Waals surface area contributed by atoms with Gasteiger partial charge < -0.3 is 21.7 Å². The number of nitrogens with one attached hydrogen (secondary N) is 1. The zero-order valence-corrected chi connectivity index (χ0v) is 12.3. The maximum absolute atomic E-state index is 6.06. The van der Waals surface area contributed by atoms with E-state index in [2.05, 4.69) is 34.0 Å². The standard InChI is InChI=1S/C14H24N6/c1-8(2)11-12(15)18-14(16)19-13(11)20-6-9-4-3-5-17-10(9)7-20/h8-10,17H,3-7H2,1-2H3,(H4,15,16,18,19)/t9-,10+/m0/s1. The van der Waals surface area contributed by atoms with Crippen LogP contribution in [-0.4, -0.2) is 35.6 Å². The predicted octanol–water partition coefficient (Wildman–Crippen LogP) is 0.953. The van der Waals surface area contributed by atoms with Crippen molar-refractivity contribution in [3.8, 4) is 0 Å². The fourth-order valence-corrected chi connectivity index (χ4v) is 3.51. The summed E-state index contributed by atoms with van der Waals surface area (Å²) in [6, 6.07) is 0.571. The van der Waals surface area contributed by atoms with Crippen LogP contribution in [-0.2, 0) is 0 Å². The van der Waals surface area contributed by atoms with Crippen molar-refractivity contribution >= 4 is 17.6 Å². The highest BCUT2D eigenvalue weighted by Gasteiger charge is 2.36. The molecule has 2 atom stereocenters. The minimum absolute atomic E-state index is 0.268. The zero-order valence-electron chi connectivity index (χ0n) is 12.3. The van der Waals surface area contributed by atoms with E-state index in [1.165, 1.54) is 12.8 Å². The number of nitrogen functional groups attached to an aromatic ring is 2. The van der Waals surface area contributed by atoms with Crippen molar-refractivity contribution in [2.45, 2.75) is 38.6 Å². The van der Waals surface area contributed by atoms with Gasteiger partial charge in [0.1, 0.15) is 11.6 Å². The Balaban J connectivity index is 1.94. The fourth-order valence-electron chi connectivity index (χ4n) is 3.51. The molecule has 110 valence electrons. The number of hydrogen-bond acceptors (Lipinski definition) is 6. The van der Waals surface area contributed by atoms with Gasteiger partial charge in [-0.15, -0.1) is 0 Å². The van der Waals surface area contributed by atoms with Gasteiger partial charge in [-0.1, -0.05) is 13.8 Å². The van der Waals surface area contributed by atoms with E-state index in [9.17, 15) is 0 Å². The Morgan fingerprint density at radius 1 is 1.25 bits per heavy atom. The Bertz CT molecular complexity index is 487. The van der Waals surface area contributed by atoms with E-state index in [1.807, 2.05) is 0 Å². The van der Waals surface area contributed by atoms with E-state index in [-0.39, 0.29) is 5.95 Å². The molecule has 2 aliphatic rings. The molecule has 3 rings (SSSR count). The van der Waals surface area contributed by atoms with E-state index >= 15 is 0 Å². The Morgan fingerprint density at radius 2 is 2.05 bits per heavy atom. The molecule has 0 aromatic carbocycles. The van der Waals surface area contributed by atoms with Gasteiger partial charge in [0, 0.05) is 24.7 Å². The molecule has 0 amide bonds. The van der Waals surface area contributed by atoms with Crippen molar-refractivity contribution in [2.75, 3.05) is 36.0 Å². The number of anilines is 3. The zero-order chi connectivity index (χ0) is 14.3. The van der Waals surface area contributed by atoms with Crippen LogP contribution in [0.25, 0.3) is 0 Å². The fraction of sp³-hybridized carbons (Fsp3) is 0.714. The minimum atomic E-state index is 0.268. The number of rotatable bonds is 2. The lowest BCUT2D eigenvalue weighted by molar-refractivity contribution is 0.340. The maximum Gasteiger partial charge on any atom is 0.223 e. The summed E-state index contributed by atoms with van der Waals surface area (Å²) in [6.45, 7) is 7.39. The highest BCUT2D eigenvalue weighted by molar-refractivity contribution is 5.61. The molecule has 1 aromatic rings. The molecule has 2 fully saturated rings. The lowest BCUT2D eigenvalue weighted by Gasteiger charge is -2.24. The van der Waals surface area contributed by atoms with Crippen molar-refractivity contribution in [1.82, 2.24) is 15.3 Å². The summed E-state index contributed by atoms with van der Waals surface area (Å²) >= 11 is 0. The second kappa shape index (κ2) is 5.09. The first-order valence-electron chi connectivity index (χ1n) is 7.47. The second-order valence-electron chi connectivity index (χ2n) is 6.23. The number of fused-ring (bicyclic) bond motifs is 1. The predicted molar refractivity (Wildman–Crippen MR) is 81.7 cm³/mol. The Hall–Kier alpha value is -1.56. The smallest absolute Gasteiger partial charge is 0.223 e. The second-order valence-corrected chi connectivity index (χ2v) is 6.23. The molecule has 2 saturated heterocycles. The topological polar surface area (TPSA) is 93.1 Å². The molecule has 0 radical (unpaired) electrons. The van der Waals surface area contributed by atoms with Gasteiger partial charge in [0.25, 0.3) is 0 Å². The van der Waals surface area contributed by atoms with Crippen molar-refractivity contribution in [3.05, 3.63) is 5.56 Å². The van der Waals surface area contributed by atoms with Crippen LogP contribution in [0.3, 0.4) is 0 Å². The first-order valence-corrected chi connectivity index (χ1v) is 7.47. The van der Waals surface area contributed by atoms with Gasteiger partial charge in [-0.25, -0.2) is 0 Å². The molecule has 0 aliphatic carbocycles. The minimum Gasteiger partial charge on any atom is -0.383 e.